The lowest BCUT2D eigenvalue weighted by Gasteiger charge is -2.33. The van der Waals surface area contributed by atoms with E-state index in [0.29, 0.717) is 0 Å². The highest BCUT2D eigenvalue weighted by atomic mass is 16.5. The molecule has 1 aliphatic rings. The first-order chi connectivity index (χ1) is 8.17. The summed E-state index contributed by atoms with van der Waals surface area (Å²) in [6, 6.07) is 0.185. The molecule has 0 radical (unpaired) electrons. The van der Waals surface area contributed by atoms with Crippen LogP contribution in [0.5, 0.6) is 0 Å². The summed E-state index contributed by atoms with van der Waals surface area (Å²) in [7, 11) is 2.04. The second-order valence-corrected chi connectivity index (χ2v) is 5.05. The maximum atomic E-state index is 5.96. The SMILES string of the molecule is CCCNC(c1nccn1C)C1(C)CCCO1. The van der Waals surface area contributed by atoms with Gasteiger partial charge in [-0.15, -0.1) is 0 Å². The van der Waals surface area contributed by atoms with Crippen molar-refractivity contribution in [2.75, 3.05) is 13.2 Å². The summed E-state index contributed by atoms with van der Waals surface area (Å²) < 4.78 is 8.05. The molecule has 1 N–H and O–H groups in total. The van der Waals surface area contributed by atoms with Crippen molar-refractivity contribution in [2.24, 2.45) is 7.05 Å². The molecule has 4 heteroatoms. The largest absolute Gasteiger partial charge is 0.373 e. The summed E-state index contributed by atoms with van der Waals surface area (Å²) in [6.07, 6.45) is 7.21. The van der Waals surface area contributed by atoms with Crippen LogP contribution in [0.2, 0.25) is 0 Å². The lowest BCUT2D eigenvalue weighted by molar-refractivity contribution is -0.0155. The number of aromatic nitrogens is 2. The van der Waals surface area contributed by atoms with E-state index in [1.54, 1.807) is 0 Å². The third-order valence-corrected chi connectivity index (χ3v) is 3.58. The van der Waals surface area contributed by atoms with E-state index in [1.165, 1.54) is 0 Å². The average molecular weight is 237 g/mol. The van der Waals surface area contributed by atoms with Crippen molar-refractivity contribution in [3.8, 4) is 0 Å². The van der Waals surface area contributed by atoms with E-state index in [2.05, 4.69) is 28.7 Å². The fraction of sp³-hybridized carbons (Fsp3) is 0.769. The molecule has 0 spiro atoms. The zero-order valence-electron chi connectivity index (χ0n) is 11.1. The highest BCUT2D eigenvalue weighted by molar-refractivity contribution is 5.07. The molecule has 96 valence electrons. The fourth-order valence-electron chi connectivity index (χ4n) is 2.55. The van der Waals surface area contributed by atoms with E-state index in [1.807, 2.05) is 19.4 Å². The van der Waals surface area contributed by atoms with E-state index in [4.69, 9.17) is 4.74 Å². The topological polar surface area (TPSA) is 39.1 Å². The Hall–Kier alpha value is -0.870. The lowest BCUT2D eigenvalue weighted by Crippen LogP contribution is -2.42. The number of hydrogen-bond donors (Lipinski definition) is 1. The van der Waals surface area contributed by atoms with Crippen molar-refractivity contribution in [2.45, 2.75) is 44.8 Å². The molecule has 0 aromatic carbocycles. The van der Waals surface area contributed by atoms with Crippen molar-refractivity contribution in [1.82, 2.24) is 14.9 Å². The zero-order valence-corrected chi connectivity index (χ0v) is 11.1. The quantitative estimate of drug-likeness (QED) is 0.851. The molecular weight excluding hydrogens is 214 g/mol. The number of rotatable bonds is 5. The second-order valence-electron chi connectivity index (χ2n) is 5.05. The maximum absolute atomic E-state index is 5.96. The molecule has 0 saturated carbocycles. The maximum Gasteiger partial charge on any atom is 0.128 e. The van der Waals surface area contributed by atoms with Gasteiger partial charge in [0.05, 0.1) is 11.6 Å². The van der Waals surface area contributed by atoms with Gasteiger partial charge in [-0.2, -0.15) is 0 Å². The number of imidazole rings is 1. The molecule has 2 atom stereocenters. The molecule has 1 aromatic heterocycles. The average Bonchev–Trinajstić information content (AvgIpc) is 2.90. The van der Waals surface area contributed by atoms with Gasteiger partial charge in [-0.3, -0.25) is 0 Å². The molecular formula is C13H23N3O. The van der Waals surface area contributed by atoms with Crippen LogP contribution in [0, 0.1) is 0 Å². The van der Waals surface area contributed by atoms with Crippen LogP contribution in [0.3, 0.4) is 0 Å². The normalized spacial score (nSPS) is 26.3. The Bertz CT molecular complexity index is 355. The van der Waals surface area contributed by atoms with Crippen LogP contribution in [-0.2, 0) is 11.8 Å². The summed E-state index contributed by atoms with van der Waals surface area (Å²) in [5, 5.41) is 3.59. The zero-order chi connectivity index (χ0) is 12.3. The molecule has 1 aliphatic heterocycles. The second kappa shape index (κ2) is 5.19. The van der Waals surface area contributed by atoms with E-state index in [9.17, 15) is 0 Å². The Kier molecular flexibility index (Phi) is 3.84. The van der Waals surface area contributed by atoms with Gasteiger partial charge < -0.3 is 14.6 Å². The van der Waals surface area contributed by atoms with Crippen LogP contribution in [0.15, 0.2) is 12.4 Å². The molecule has 1 aromatic rings. The lowest BCUT2D eigenvalue weighted by atomic mass is 9.92. The van der Waals surface area contributed by atoms with Crippen molar-refractivity contribution < 1.29 is 4.74 Å². The minimum Gasteiger partial charge on any atom is -0.373 e. The van der Waals surface area contributed by atoms with E-state index < -0.39 is 0 Å². The number of nitrogens with one attached hydrogen (secondary N) is 1. The number of aryl methyl sites for hydroxylation is 1. The molecule has 17 heavy (non-hydrogen) atoms. The predicted molar refractivity (Wildman–Crippen MR) is 67.8 cm³/mol. The molecule has 4 nitrogen and oxygen atoms in total. The van der Waals surface area contributed by atoms with Gasteiger partial charge in [-0.1, -0.05) is 6.92 Å². The first-order valence-electron chi connectivity index (χ1n) is 6.52. The van der Waals surface area contributed by atoms with E-state index in [0.717, 1.165) is 38.2 Å². The van der Waals surface area contributed by atoms with E-state index in [-0.39, 0.29) is 11.6 Å². The van der Waals surface area contributed by atoms with Crippen LogP contribution >= 0.6 is 0 Å². The number of ether oxygens (including phenoxy) is 1. The summed E-state index contributed by atoms with van der Waals surface area (Å²) in [4.78, 5) is 4.48. The van der Waals surface area contributed by atoms with Crippen molar-refractivity contribution in [3.63, 3.8) is 0 Å². The summed E-state index contributed by atoms with van der Waals surface area (Å²) in [5.41, 5.74) is -0.117. The molecule has 2 unspecified atom stereocenters. The number of nitrogens with zero attached hydrogens (tertiary/aromatic N) is 2. The molecule has 0 aliphatic carbocycles. The van der Waals surface area contributed by atoms with Crippen LogP contribution in [0.25, 0.3) is 0 Å². The molecule has 2 rings (SSSR count). The van der Waals surface area contributed by atoms with Crippen LogP contribution in [0.4, 0.5) is 0 Å². The van der Waals surface area contributed by atoms with Crippen molar-refractivity contribution >= 4 is 0 Å². The Labute approximate surface area is 103 Å². The highest BCUT2D eigenvalue weighted by Crippen LogP contribution is 2.36. The minimum absolute atomic E-state index is 0.117. The van der Waals surface area contributed by atoms with Gasteiger partial charge in [-0.25, -0.2) is 4.98 Å². The molecule has 0 amide bonds. The molecule has 0 bridgehead atoms. The number of hydrogen-bond acceptors (Lipinski definition) is 3. The first-order valence-corrected chi connectivity index (χ1v) is 6.52. The molecule has 2 heterocycles. The predicted octanol–water partition coefficient (Wildman–Crippen LogP) is 2.03. The third kappa shape index (κ3) is 2.53. The van der Waals surface area contributed by atoms with Gasteiger partial charge in [0.1, 0.15) is 5.82 Å². The van der Waals surface area contributed by atoms with Gasteiger partial charge in [0.25, 0.3) is 0 Å². The minimum atomic E-state index is -0.117. The Balaban J connectivity index is 2.21. The van der Waals surface area contributed by atoms with Crippen LogP contribution in [-0.4, -0.2) is 28.3 Å². The van der Waals surface area contributed by atoms with E-state index >= 15 is 0 Å². The summed E-state index contributed by atoms with van der Waals surface area (Å²) in [6.45, 7) is 6.24. The van der Waals surface area contributed by atoms with Gasteiger partial charge >= 0.3 is 0 Å². The van der Waals surface area contributed by atoms with Crippen LogP contribution in [0.1, 0.15) is 45.0 Å². The van der Waals surface area contributed by atoms with Gasteiger partial charge in [0, 0.05) is 26.0 Å². The summed E-state index contributed by atoms with van der Waals surface area (Å²) in [5.74, 6) is 1.07. The van der Waals surface area contributed by atoms with Crippen LogP contribution < -0.4 is 5.32 Å². The van der Waals surface area contributed by atoms with Gasteiger partial charge in [-0.05, 0) is 32.7 Å². The highest BCUT2D eigenvalue weighted by Gasteiger charge is 2.40. The third-order valence-electron chi connectivity index (χ3n) is 3.58. The van der Waals surface area contributed by atoms with Crippen molar-refractivity contribution in [3.05, 3.63) is 18.2 Å². The Morgan fingerprint density at radius 2 is 2.47 bits per heavy atom. The summed E-state index contributed by atoms with van der Waals surface area (Å²) >= 11 is 0. The standard InChI is InChI=1S/C13H23N3O/c1-4-7-14-11(12-15-8-9-16(12)3)13(2)6-5-10-17-13/h8-9,11,14H,4-7,10H2,1-3H3. The van der Waals surface area contributed by atoms with Gasteiger partial charge in [0.2, 0.25) is 0 Å². The molecule has 1 saturated heterocycles. The Morgan fingerprint density at radius 3 is 3.00 bits per heavy atom. The monoisotopic (exact) mass is 237 g/mol. The fourth-order valence-corrected chi connectivity index (χ4v) is 2.55. The Morgan fingerprint density at radius 1 is 1.65 bits per heavy atom. The smallest absolute Gasteiger partial charge is 0.128 e. The first kappa shape index (κ1) is 12.6. The van der Waals surface area contributed by atoms with Gasteiger partial charge in [0.15, 0.2) is 0 Å². The van der Waals surface area contributed by atoms with Crippen molar-refractivity contribution in [1.29, 1.82) is 0 Å². The molecule has 1 fully saturated rings.